The van der Waals surface area contributed by atoms with Crippen LogP contribution in [0.1, 0.15) is 29.8 Å². The highest BCUT2D eigenvalue weighted by molar-refractivity contribution is 5.99. The Balaban J connectivity index is 1.64. The fraction of sp³-hybridized carbons (Fsp3) is 0.357. The van der Waals surface area contributed by atoms with Crippen molar-refractivity contribution in [3.63, 3.8) is 0 Å². The minimum atomic E-state index is -0.598. The number of carbonyl (C=O) groups excluding carboxylic acids is 1. The van der Waals surface area contributed by atoms with Gasteiger partial charge in [0.25, 0.3) is 5.91 Å². The topological polar surface area (TPSA) is 80.9 Å². The Morgan fingerprint density at radius 2 is 1.46 bits per heavy atom. The van der Waals surface area contributed by atoms with E-state index in [4.69, 9.17) is 15.2 Å². The number of piperazine rings is 1. The standard InChI is InChI=1S/C28H34N4O3/c1-18(2)31-10-12-32(13-11-31)22-8-6-20(7-9-22)23-16-30-17-24(19(23)3)21-14-25(34-4)27(28(29)33)26(15-21)35-5/h6-9,14-18H,10-13H2,1-5H3,(H2,29,33). The Morgan fingerprint density at radius 3 is 1.94 bits per heavy atom. The first kappa shape index (κ1) is 24.5. The van der Waals surface area contributed by atoms with Crippen molar-refractivity contribution in [1.82, 2.24) is 9.88 Å². The maximum absolute atomic E-state index is 11.9. The normalized spacial score (nSPS) is 14.3. The minimum absolute atomic E-state index is 0.227. The molecule has 0 spiro atoms. The van der Waals surface area contributed by atoms with Gasteiger partial charge in [-0.2, -0.15) is 0 Å². The third-order valence-electron chi connectivity index (χ3n) is 6.87. The number of amides is 1. The van der Waals surface area contributed by atoms with Crippen LogP contribution in [0.15, 0.2) is 48.8 Å². The van der Waals surface area contributed by atoms with Crippen LogP contribution in [-0.4, -0.2) is 62.2 Å². The van der Waals surface area contributed by atoms with Gasteiger partial charge in [-0.15, -0.1) is 0 Å². The average molecular weight is 475 g/mol. The van der Waals surface area contributed by atoms with Crippen LogP contribution in [0.25, 0.3) is 22.3 Å². The molecular formula is C28H34N4O3. The molecule has 0 saturated carbocycles. The first-order valence-corrected chi connectivity index (χ1v) is 11.9. The van der Waals surface area contributed by atoms with Gasteiger partial charge in [0.15, 0.2) is 0 Å². The first-order chi connectivity index (χ1) is 16.8. The third kappa shape index (κ3) is 4.95. The molecule has 1 aliphatic rings. The summed E-state index contributed by atoms with van der Waals surface area (Å²) in [6.45, 7) is 10.8. The number of hydrogen-bond acceptors (Lipinski definition) is 6. The second-order valence-corrected chi connectivity index (χ2v) is 9.14. The summed E-state index contributed by atoms with van der Waals surface area (Å²) in [7, 11) is 3.02. The molecule has 4 rings (SSSR count). The smallest absolute Gasteiger partial charge is 0.256 e. The highest BCUT2D eigenvalue weighted by Gasteiger charge is 2.21. The van der Waals surface area contributed by atoms with E-state index in [0.29, 0.717) is 17.5 Å². The van der Waals surface area contributed by atoms with Crippen LogP contribution in [0, 0.1) is 6.92 Å². The van der Waals surface area contributed by atoms with Crippen LogP contribution in [0.4, 0.5) is 5.69 Å². The zero-order valence-electron chi connectivity index (χ0n) is 21.2. The van der Waals surface area contributed by atoms with E-state index in [2.05, 4.69) is 59.8 Å². The second kappa shape index (κ2) is 10.4. The zero-order chi connectivity index (χ0) is 25.1. The van der Waals surface area contributed by atoms with Gasteiger partial charge in [-0.1, -0.05) is 12.1 Å². The molecule has 2 aromatic carbocycles. The van der Waals surface area contributed by atoms with Gasteiger partial charge >= 0.3 is 0 Å². The Bertz CT molecular complexity index is 1170. The van der Waals surface area contributed by atoms with Crippen LogP contribution >= 0.6 is 0 Å². The van der Waals surface area contributed by atoms with Gasteiger partial charge in [0.1, 0.15) is 17.1 Å². The van der Waals surface area contributed by atoms with Gasteiger partial charge in [-0.25, -0.2) is 0 Å². The van der Waals surface area contributed by atoms with E-state index in [1.165, 1.54) is 19.9 Å². The van der Waals surface area contributed by atoms with Gasteiger partial charge in [-0.3, -0.25) is 14.7 Å². The predicted octanol–water partition coefficient (Wildman–Crippen LogP) is 4.37. The number of primary amides is 1. The van der Waals surface area contributed by atoms with E-state index in [0.717, 1.165) is 54.0 Å². The molecule has 0 aliphatic carbocycles. The maximum Gasteiger partial charge on any atom is 0.256 e. The quantitative estimate of drug-likeness (QED) is 0.548. The van der Waals surface area contributed by atoms with Crippen molar-refractivity contribution >= 4 is 11.6 Å². The monoisotopic (exact) mass is 474 g/mol. The number of nitrogens with two attached hydrogens (primary N) is 1. The van der Waals surface area contributed by atoms with Crippen LogP contribution < -0.4 is 20.1 Å². The third-order valence-corrected chi connectivity index (χ3v) is 6.87. The van der Waals surface area contributed by atoms with Crippen molar-refractivity contribution in [3.8, 4) is 33.8 Å². The summed E-state index contributed by atoms with van der Waals surface area (Å²) in [5.41, 5.74) is 12.0. The number of carbonyl (C=O) groups is 1. The second-order valence-electron chi connectivity index (χ2n) is 9.14. The van der Waals surface area contributed by atoms with Crippen molar-refractivity contribution in [2.45, 2.75) is 26.8 Å². The Kier molecular flexibility index (Phi) is 7.26. The SMILES string of the molecule is COc1cc(-c2cncc(-c3ccc(N4CCN(C(C)C)CC4)cc3)c2C)cc(OC)c1C(N)=O. The summed E-state index contributed by atoms with van der Waals surface area (Å²) in [6.07, 6.45) is 3.71. The average Bonchev–Trinajstić information content (AvgIpc) is 2.88. The number of methoxy groups -OCH3 is 2. The Labute approximate surface area is 207 Å². The van der Waals surface area contributed by atoms with Gasteiger partial charge in [0.05, 0.1) is 14.2 Å². The number of anilines is 1. The van der Waals surface area contributed by atoms with E-state index in [9.17, 15) is 4.79 Å². The summed E-state index contributed by atoms with van der Waals surface area (Å²) >= 11 is 0. The Morgan fingerprint density at radius 1 is 0.914 bits per heavy atom. The van der Waals surface area contributed by atoms with Crippen molar-refractivity contribution in [1.29, 1.82) is 0 Å². The number of nitrogens with zero attached hydrogens (tertiary/aromatic N) is 3. The van der Waals surface area contributed by atoms with Gasteiger partial charge in [0, 0.05) is 61.4 Å². The number of aromatic nitrogens is 1. The molecule has 0 atom stereocenters. The van der Waals surface area contributed by atoms with E-state index < -0.39 is 5.91 Å². The highest BCUT2D eigenvalue weighted by Crippen LogP contribution is 2.38. The van der Waals surface area contributed by atoms with Crippen LogP contribution in [0.2, 0.25) is 0 Å². The largest absolute Gasteiger partial charge is 0.496 e. The predicted molar refractivity (Wildman–Crippen MR) is 140 cm³/mol. The molecule has 3 aromatic rings. The molecule has 184 valence electrons. The van der Waals surface area contributed by atoms with Crippen LogP contribution in [-0.2, 0) is 0 Å². The number of rotatable bonds is 7. The van der Waals surface area contributed by atoms with Gasteiger partial charge < -0.3 is 20.1 Å². The number of benzene rings is 2. The summed E-state index contributed by atoms with van der Waals surface area (Å²) in [6, 6.07) is 12.9. The van der Waals surface area contributed by atoms with Crippen molar-refractivity contribution < 1.29 is 14.3 Å². The lowest BCUT2D eigenvalue weighted by Crippen LogP contribution is -2.48. The van der Waals surface area contributed by atoms with E-state index in [-0.39, 0.29) is 5.56 Å². The molecule has 2 N–H and O–H groups in total. The lowest BCUT2D eigenvalue weighted by molar-refractivity contribution is 0.0994. The molecule has 1 amide bonds. The van der Waals surface area contributed by atoms with Gasteiger partial charge in [-0.05, 0) is 61.7 Å². The molecule has 35 heavy (non-hydrogen) atoms. The minimum Gasteiger partial charge on any atom is -0.496 e. The molecule has 7 nitrogen and oxygen atoms in total. The lowest BCUT2D eigenvalue weighted by Gasteiger charge is -2.38. The van der Waals surface area contributed by atoms with E-state index in [1.807, 2.05) is 12.4 Å². The fourth-order valence-corrected chi connectivity index (χ4v) is 4.77. The number of pyridine rings is 1. The molecule has 2 heterocycles. The summed E-state index contributed by atoms with van der Waals surface area (Å²) < 4.78 is 10.9. The molecule has 0 bridgehead atoms. The van der Waals surface area contributed by atoms with Crippen molar-refractivity contribution in [2.75, 3.05) is 45.3 Å². The molecule has 0 radical (unpaired) electrons. The van der Waals surface area contributed by atoms with Gasteiger partial charge in [0.2, 0.25) is 0 Å². The summed E-state index contributed by atoms with van der Waals surface area (Å²) in [5.74, 6) is 0.150. The molecular weight excluding hydrogens is 440 g/mol. The molecule has 1 aliphatic heterocycles. The van der Waals surface area contributed by atoms with Crippen molar-refractivity contribution in [2.24, 2.45) is 5.73 Å². The maximum atomic E-state index is 11.9. The molecule has 0 unspecified atom stereocenters. The highest BCUT2D eigenvalue weighted by atomic mass is 16.5. The van der Waals surface area contributed by atoms with E-state index >= 15 is 0 Å². The molecule has 7 heteroatoms. The van der Waals surface area contributed by atoms with Crippen LogP contribution in [0.3, 0.4) is 0 Å². The van der Waals surface area contributed by atoms with E-state index in [1.54, 1.807) is 12.1 Å². The Hall–Kier alpha value is -3.58. The van der Waals surface area contributed by atoms with Crippen LogP contribution in [0.5, 0.6) is 11.5 Å². The first-order valence-electron chi connectivity index (χ1n) is 11.9. The summed E-state index contributed by atoms with van der Waals surface area (Å²) in [4.78, 5) is 21.4. The molecule has 1 aromatic heterocycles. The number of ether oxygens (including phenoxy) is 2. The lowest BCUT2D eigenvalue weighted by atomic mass is 9.94. The van der Waals surface area contributed by atoms with Crippen molar-refractivity contribution in [3.05, 3.63) is 59.9 Å². The zero-order valence-corrected chi connectivity index (χ0v) is 21.2. The number of hydrogen-bond donors (Lipinski definition) is 1. The molecule has 1 fully saturated rings. The molecule has 1 saturated heterocycles. The fourth-order valence-electron chi connectivity index (χ4n) is 4.77. The summed E-state index contributed by atoms with van der Waals surface area (Å²) in [5, 5.41) is 0.